The molecule has 3 aromatic rings. The van der Waals surface area contributed by atoms with Crippen molar-refractivity contribution in [3.63, 3.8) is 0 Å². The lowest BCUT2D eigenvalue weighted by molar-refractivity contribution is 0.592. The molecule has 1 nitrogen and oxygen atoms in total. The second-order valence-electron chi connectivity index (χ2n) is 5.28. The Kier molecular flexibility index (Phi) is 4.56. The molecular weight excluding hydrogens is 369 g/mol. The van der Waals surface area contributed by atoms with Crippen LogP contribution in [0, 0.1) is 3.57 Å². The summed E-state index contributed by atoms with van der Waals surface area (Å²) in [7, 11) is 2.03. The Morgan fingerprint density at radius 1 is 0.905 bits per heavy atom. The number of halogens is 1. The quantitative estimate of drug-likeness (QED) is 0.625. The van der Waals surface area contributed by atoms with Gasteiger partial charge in [0, 0.05) is 9.61 Å². The molecule has 3 aromatic carbocycles. The van der Waals surface area contributed by atoms with Crippen molar-refractivity contribution in [2.45, 2.75) is 12.5 Å². The molecule has 0 fully saturated rings. The monoisotopic (exact) mass is 387 g/mol. The Labute approximate surface area is 139 Å². The Morgan fingerprint density at radius 3 is 2.33 bits per heavy atom. The molecule has 0 bridgehead atoms. The summed E-state index contributed by atoms with van der Waals surface area (Å²) in [5.41, 5.74) is 2.71. The smallest absolute Gasteiger partial charge is 0.0358 e. The van der Waals surface area contributed by atoms with E-state index < -0.39 is 0 Å². The van der Waals surface area contributed by atoms with E-state index in [1.165, 1.54) is 25.5 Å². The lowest BCUT2D eigenvalue weighted by Gasteiger charge is -2.17. The van der Waals surface area contributed by atoms with Gasteiger partial charge in [-0.1, -0.05) is 54.6 Å². The molecule has 21 heavy (non-hydrogen) atoms. The molecule has 1 unspecified atom stereocenters. The molecule has 0 aromatic heterocycles. The standard InChI is InChI=1S/C19H18IN/c1-21-19(16-8-10-18(20)11-9-16)13-14-6-7-15-4-2-3-5-17(15)12-14/h2-12,19,21H,13H2,1H3. The predicted molar refractivity (Wildman–Crippen MR) is 98.6 cm³/mol. The SMILES string of the molecule is CNC(Cc1ccc2ccccc2c1)c1ccc(I)cc1. The summed E-state index contributed by atoms with van der Waals surface area (Å²) < 4.78 is 1.27. The zero-order chi connectivity index (χ0) is 14.7. The summed E-state index contributed by atoms with van der Waals surface area (Å²) in [6.45, 7) is 0. The van der Waals surface area contributed by atoms with E-state index in [0.29, 0.717) is 6.04 Å². The first-order valence-corrected chi connectivity index (χ1v) is 8.24. The summed E-state index contributed by atoms with van der Waals surface area (Å²) in [5.74, 6) is 0. The van der Waals surface area contributed by atoms with Crippen LogP contribution in [0.4, 0.5) is 0 Å². The number of fused-ring (bicyclic) bond motifs is 1. The molecular formula is C19H18IN. The highest BCUT2D eigenvalue weighted by atomic mass is 127. The van der Waals surface area contributed by atoms with E-state index in [4.69, 9.17) is 0 Å². The lowest BCUT2D eigenvalue weighted by Crippen LogP contribution is -2.18. The average molecular weight is 387 g/mol. The van der Waals surface area contributed by atoms with Gasteiger partial charge in [-0.3, -0.25) is 0 Å². The first-order chi connectivity index (χ1) is 10.3. The van der Waals surface area contributed by atoms with E-state index >= 15 is 0 Å². The number of nitrogens with one attached hydrogen (secondary N) is 1. The van der Waals surface area contributed by atoms with Crippen molar-refractivity contribution < 1.29 is 0 Å². The Morgan fingerprint density at radius 2 is 1.62 bits per heavy atom. The molecule has 1 atom stereocenters. The molecule has 0 aliphatic rings. The van der Waals surface area contributed by atoms with Crippen LogP contribution in [0.1, 0.15) is 17.2 Å². The summed E-state index contributed by atoms with van der Waals surface area (Å²) in [5, 5.41) is 6.05. The van der Waals surface area contributed by atoms with Crippen LogP contribution in [0.25, 0.3) is 10.8 Å². The van der Waals surface area contributed by atoms with Gasteiger partial charge < -0.3 is 5.32 Å². The van der Waals surface area contributed by atoms with E-state index in [-0.39, 0.29) is 0 Å². The van der Waals surface area contributed by atoms with Gasteiger partial charge in [0.05, 0.1) is 0 Å². The van der Waals surface area contributed by atoms with Crippen LogP contribution >= 0.6 is 22.6 Å². The second kappa shape index (κ2) is 6.58. The van der Waals surface area contributed by atoms with Gasteiger partial charge in [0.2, 0.25) is 0 Å². The topological polar surface area (TPSA) is 12.0 Å². The third-order valence-corrected chi connectivity index (χ3v) is 4.59. The van der Waals surface area contributed by atoms with E-state index in [1.54, 1.807) is 0 Å². The molecule has 0 aliphatic heterocycles. The van der Waals surface area contributed by atoms with Gasteiger partial charge in [-0.2, -0.15) is 0 Å². The number of benzene rings is 3. The molecule has 0 heterocycles. The van der Waals surface area contributed by atoms with Gasteiger partial charge in [0.25, 0.3) is 0 Å². The third kappa shape index (κ3) is 3.44. The van der Waals surface area contributed by atoms with E-state index in [0.717, 1.165) is 6.42 Å². The Hall–Kier alpha value is -1.39. The minimum Gasteiger partial charge on any atom is -0.313 e. The van der Waals surface area contributed by atoms with Crippen molar-refractivity contribution in [2.75, 3.05) is 7.05 Å². The molecule has 0 saturated carbocycles. The highest BCUT2D eigenvalue weighted by molar-refractivity contribution is 14.1. The van der Waals surface area contributed by atoms with Crippen LogP contribution in [0.15, 0.2) is 66.7 Å². The van der Waals surface area contributed by atoms with Crippen molar-refractivity contribution in [1.82, 2.24) is 5.32 Å². The summed E-state index contributed by atoms with van der Waals surface area (Å²) in [6.07, 6.45) is 1.00. The lowest BCUT2D eigenvalue weighted by atomic mass is 9.97. The highest BCUT2D eigenvalue weighted by Gasteiger charge is 2.10. The van der Waals surface area contributed by atoms with Crippen LogP contribution < -0.4 is 5.32 Å². The van der Waals surface area contributed by atoms with Crippen molar-refractivity contribution in [1.29, 1.82) is 0 Å². The van der Waals surface area contributed by atoms with Crippen LogP contribution in [-0.2, 0) is 6.42 Å². The van der Waals surface area contributed by atoms with Crippen LogP contribution in [-0.4, -0.2) is 7.05 Å². The van der Waals surface area contributed by atoms with Gasteiger partial charge in [-0.15, -0.1) is 0 Å². The fourth-order valence-electron chi connectivity index (χ4n) is 2.68. The van der Waals surface area contributed by atoms with Crippen molar-refractivity contribution >= 4 is 33.4 Å². The highest BCUT2D eigenvalue weighted by Crippen LogP contribution is 2.22. The fourth-order valence-corrected chi connectivity index (χ4v) is 3.04. The molecule has 0 saturated heterocycles. The van der Waals surface area contributed by atoms with Crippen molar-refractivity contribution in [3.8, 4) is 0 Å². The number of likely N-dealkylation sites (N-methyl/N-ethyl adjacent to an activating group) is 1. The normalized spacial score (nSPS) is 12.5. The number of hydrogen-bond acceptors (Lipinski definition) is 1. The van der Waals surface area contributed by atoms with Gasteiger partial charge in [0.15, 0.2) is 0 Å². The minimum absolute atomic E-state index is 0.350. The van der Waals surface area contributed by atoms with Crippen LogP contribution in [0.2, 0.25) is 0 Å². The summed E-state index contributed by atoms with van der Waals surface area (Å²) >= 11 is 2.34. The van der Waals surface area contributed by atoms with E-state index in [1.807, 2.05) is 7.05 Å². The second-order valence-corrected chi connectivity index (χ2v) is 6.52. The fraction of sp³-hybridized carbons (Fsp3) is 0.158. The first kappa shape index (κ1) is 14.5. The molecule has 0 aliphatic carbocycles. The molecule has 0 spiro atoms. The average Bonchev–Trinajstić information content (AvgIpc) is 2.53. The maximum absolute atomic E-state index is 3.43. The Balaban J connectivity index is 1.86. The van der Waals surface area contributed by atoms with E-state index in [9.17, 15) is 0 Å². The van der Waals surface area contributed by atoms with Gasteiger partial charge in [-0.25, -0.2) is 0 Å². The predicted octanol–water partition coefficient (Wildman–Crippen LogP) is 4.95. The molecule has 2 heteroatoms. The van der Waals surface area contributed by atoms with Crippen LogP contribution in [0.3, 0.4) is 0 Å². The molecule has 1 N–H and O–H groups in total. The zero-order valence-corrected chi connectivity index (χ0v) is 14.2. The summed E-state index contributed by atoms with van der Waals surface area (Å²) in [6, 6.07) is 24.4. The molecule has 106 valence electrons. The van der Waals surface area contributed by atoms with Crippen LogP contribution in [0.5, 0.6) is 0 Å². The van der Waals surface area contributed by atoms with E-state index in [2.05, 4.69) is 94.6 Å². The minimum atomic E-state index is 0.350. The largest absolute Gasteiger partial charge is 0.313 e. The maximum atomic E-state index is 3.43. The van der Waals surface area contributed by atoms with Gasteiger partial charge >= 0.3 is 0 Å². The zero-order valence-electron chi connectivity index (χ0n) is 12.0. The van der Waals surface area contributed by atoms with Crippen molar-refractivity contribution in [3.05, 3.63) is 81.4 Å². The van der Waals surface area contributed by atoms with Crippen molar-refractivity contribution in [2.24, 2.45) is 0 Å². The molecule has 3 rings (SSSR count). The third-order valence-electron chi connectivity index (χ3n) is 3.87. The maximum Gasteiger partial charge on any atom is 0.0358 e. The first-order valence-electron chi connectivity index (χ1n) is 7.16. The molecule has 0 radical (unpaired) electrons. The summed E-state index contributed by atoms with van der Waals surface area (Å²) in [4.78, 5) is 0. The van der Waals surface area contributed by atoms with Gasteiger partial charge in [-0.05, 0) is 70.1 Å². The number of hydrogen-bond donors (Lipinski definition) is 1. The Bertz CT molecular complexity index is 734. The molecule has 0 amide bonds. The number of rotatable bonds is 4. The van der Waals surface area contributed by atoms with Gasteiger partial charge in [0.1, 0.15) is 0 Å².